The molecular formula is C17H16Cl2NO. The van der Waals surface area contributed by atoms with Crippen molar-refractivity contribution in [1.29, 1.82) is 0 Å². The first kappa shape index (κ1) is 14.7. The Kier molecular flexibility index (Phi) is 4.67. The third-order valence-corrected chi connectivity index (χ3v) is 4.17. The fourth-order valence-electron chi connectivity index (χ4n) is 2.69. The van der Waals surface area contributed by atoms with Crippen LogP contribution in [0.3, 0.4) is 0 Å². The van der Waals surface area contributed by atoms with E-state index in [-0.39, 0.29) is 0 Å². The summed E-state index contributed by atoms with van der Waals surface area (Å²) in [5.41, 5.74) is 1.67. The molecule has 0 spiro atoms. The first-order valence-electron chi connectivity index (χ1n) is 7.19. The number of rotatable bonds is 4. The predicted octanol–water partition coefficient (Wildman–Crippen LogP) is 5.42. The molecule has 4 heteroatoms. The van der Waals surface area contributed by atoms with Crippen molar-refractivity contribution in [3.05, 3.63) is 46.4 Å². The van der Waals surface area contributed by atoms with Gasteiger partial charge in [0.15, 0.2) is 0 Å². The van der Waals surface area contributed by atoms with Gasteiger partial charge < -0.3 is 4.74 Å². The lowest BCUT2D eigenvalue weighted by atomic mass is 10.1. The summed E-state index contributed by atoms with van der Waals surface area (Å²) in [6.07, 6.45) is 5.16. The van der Waals surface area contributed by atoms with Crippen LogP contribution in [0.15, 0.2) is 30.3 Å². The molecule has 2 aromatic rings. The third kappa shape index (κ3) is 3.90. The van der Waals surface area contributed by atoms with Crippen molar-refractivity contribution < 1.29 is 4.74 Å². The summed E-state index contributed by atoms with van der Waals surface area (Å²) in [6, 6.07) is 12.2. The molecule has 2 nitrogen and oxygen atoms in total. The molecule has 1 saturated carbocycles. The van der Waals surface area contributed by atoms with Crippen LogP contribution < -0.4 is 4.74 Å². The topological polar surface area (TPSA) is 22.1 Å². The monoisotopic (exact) mass is 320 g/mol. The maximum absolute atomic E-state index is 5.99. The summed E-state index contributed by atoms with van der Waals surface area (Å²) in [7, 11) is 0. The molecule has 0 unspecified atom stereocenters. The molecule has 3 rings (SSSR count). The van der Waals surface area contributed by atoms with Crippen LogP contribution in [0.1, 0.15) is 25.7 Å². The molecule has 1 aromatic heterocycles. The Bertz CT molecular complexity index is 604. The minimum atomic E-state index is 0.483. The van der Waals surface area contributed by atoms with E-state index in [1.807, 2.05) is 18.2 Å². The normalized spacial score (nSPS) is 15.3. The number of nitrogens with zero attached hydrogens (tertiary/aromatic N) is 1. The van der Waals surface area contributed by atoms with Crippen molar-refractivity contribution in [3.8, 4) is 17.1 Å². The molecule has 0 aliphatic heterocycles. The minimum Gasteiger partial charge on any atom is -0.477 e. The minimum absolute atomic E-state index is 0.483. The molecule has 0 bridgehead atoms. The second-order valence-corrected chi connectivity index (χ2v) is 6.20. The van der Waals surface area contributed by atoms with Gasteiger partial charge in [-0.1, -0.05) is 42.1 Å². The molecule has 109 valence electrons. The highest BCUT2D eigenvalue weighted by molar-refractivity contribution is 6.34. The summed E-state index contributed by atoms with van der Waals surface area (Å²) < 4.78 is 5.83. The fourth-order valence-corrected chi connectivity index (χ4v) is 3.17. The Labute approximate surface area is 135 Å². The highest BCUT2D eigenvalue weighted by Crippen LogP contribution is 2.28. The number of pyridine rings is 1. The van der Waals surface area contributed by atoms with Crippen LogP contribution in [0, 0.1) is 12.0 Å². The van der Waals surface area contributed by atoms with E-state index < -0.39 is 0 Å². The van der Waals surface area contributed by atoms with Gasteiger partial charge in [-0.15, -0.1) is 0 Å². The second-order valence-electron chi connectivity index (χ2n) is 5.39. The maximum atomic E-state index is 5.99. The van der Waals surface area contributed by atoms with Gasteiger partial charge in [0.25, 0.3) is 0 Å². The SMILES string of the molecule is Clc1[c]c(Cl)cc(-c2cccc(OCC3CCCC3)n2)c1. The lowest BCUT2D eigenvalue weighted by Crippen LogP contribution is -2.08. The van der Waals surface area contributed by atoms with E-state index in [2.05, 4.69) is 11.1 Å². The van der Waals surface area contributed by atoms with Crippen molar-refractivity contribution in [2.75, 3.05) is 6.61 Å². The average Bonchev–Trinajstić information content (AvgIpc) is 2.98. The van der Waals surface area contributed by atoms with Gasteiger partial charge in [0.2, 0.25) is 5.88 Å². The molecule has 0 atom stereocenters. The largest absolute Gasteiger partial charge is 0.477 e. The lowest BCUT2D eigenvalue weighted by Gasteiger charge is -2.11. The van der Waals surface area contributed by atoms with Crippen molar-refractivity contribution in [2.45, 2.75) is 25.7 Å². The summed E-state index contributed by atoms with van der Waals surface area (Å²) in [6.45, 7) is 0.751. The molecule has 0 saturated heterocycles. The molecule has 1 aromatic carbocycles. The number of ether oxygens (including phenoxy) is 1. The molecule has 1 radical (unpaired) electrons. The second kappa shape index (κ2) is 6.67. The van der Waals surface area contributed by atoms with Gasteiger partial charge in [0.05, 0.1) is 22.3 Å². The predicted molar refractivity (Wildman–Crippen MR) is 86.0 cm³/mol. The Morgan fingerprint density at radius 1 is 1.14 bits per heavy atom. The van der Waals surface area contributed by atoms with Crippen LogP contribution in [-0.2, 0) is 0 Å². The maximum Gasteiger partial charge on any atom is 0.213 e. The molecule has 1 aliphatic carbocycles. The number of hydrogen-bond donors (Lipinski definition) is 0. The van der Waals surface area contributed by atoms with E-state index >= 15 is 0 Å². The highest BCUT2D eigenvalue weighted by atomic mass is 35.5. The van der Waals surface area contributed by atoms with E-state index in [0.717, 1.165) is 17.9 Å². The van der Waals surface area contributed by atoms with E-state index in [9.17, 15) is 0 Å². The van der Waals surface area contributed by atoms with Crippen molar-refractivity contribution in [2.24, 2.45) is 5.92 Å². The highest BCUT2D eigenvalue weighted by Gasteiger charge is 2.15. The smallest absolute Gasteiger partial charge is 0.213 e. The van der Waals surface area contributed by atoms with Crippen LogP contribution >= 0.6 is 23.2 Å². The van der Waals surface area contributed by atoms with Gasteiger partial charge in [-0.05, 0) is 37.0 Å². The first-order valence-corrected chi connectivity index (χ1v) is 7.95. The summed E-state index contributed by atoms with van der Waals surface area (Å²) in [4.78, 5) is 4.53. The summed E-state index contributed by atoms with van der Waals surface area (Å²) in [5.74, 6) is 1.32. The van der Waals surface area contributed by atoms with Gasteiger partial charge in [-0.3, -0.25) is 0 Å². The van der Waals surface area contributed by atoms with E-state index in [4.69, 9.17) is 27.9 Å². The van der Waals surface area contributed by atoms with Gasteiger partial charge in [0.1, 0.15) is 0 Å². The molecule has 21 heavy (non-hydrogen) atoms. The summed E-state index contributed by atoms with van der Waals surface area (Å²) >= 11 is 12.0. The van der Waals surface area contributed by atoms with Crippen molar-refractivity contribution in [3.63, 3.8) is 0 Å². The third-order valence-electron chi connectivity index (χ3n) is 3.76. The van der Waals surface area contributed by atoms with Crippen LogP contribution in [0.25, 0.3) is 11.3 Å². The molecular weight excluding hydrogens is 305 g/mol. The standard InChI is InChI=1S/C17H16Cl2NO/c18-14-8-13(9-15(19)10-14)16-6-3-7-17(20-16)21-11-12-4-1-2-5-12/h3,6-9,12H,1-2,4-5,11H2. The van der Waals surface area contributed by atoms with Gasteiger partial charge in [0, 0.05) is 17.7 Å². The Morgan fingerprint density at radius 3 is 2.57 bits per heavy atom. The zero-order valence-electron chi connectivity index (χ0n) is 11.6. The number of halogens is 2. The van der Waals surface area contributed by atoms with Gasteiger partial charge in [-0.2, -0.15) is 0 Å². The zero-order chi connectivity index (χ0) is 14.7. The van der Waals surface area contributed by atoms with Crippen LogP contribution in [-0.4, -0.2) is 11.6 Å². The van der Waals surface area contributed by atoms with Gasteiger partial charge >= 0.3 is 0 Å². The van der Waals surface area contributed by atoms with Crippen LogP contribution in [0.5, 0.6) is 5.88 Å². The molecule has 0 amide bonds. The van der Waals surface area contributed by atoms with E-state index in [0.29, 0.717) is 21.8 Å². The van der Waals surface area contributed by atoms with Crippen LogP contribution in [0.2, 0.25) is 10.0 Å². The average molecular weight is 321 g/mol. The Balaban J connectivity index is 1.75. The summed E-state index contributed by atoms with van der Waals surface area (Å²) in [5, 5.41) is 0.966. The number of hydrogen-bond acceptors (Lipinski definition) is 2. The zero-order valence-corrected chi connectivity index (χ0v) is 13.1. The van der Waals surface area contributed by atoms with Crippen molar-refractivity contribution >= 4 is 23.2 Å². The molecule has 0 N–H and O–H groups in total. The van der Waals surface area contributed by atoms with E-state index in [1.165, 1.54) is 25.7 Å². The molecule has 1 fully saturated rings. The lowest BCUT2D eigenvalue weighted by molar-refractivity contribution is 0.244. The fraction of sp³-hybridized carbons (Fsp3) is 0.353. The molecule has 1 aliphatic rings. The van der Waals surface area contributed by atoms with E-state index in [1.54, 1.807) is 12.1 Å². The molecule has 1 heterocycles. The van der Waals surface area contributed by atoms with Gasteiger partial charge in [-0.25, -0.2) is 4.98 Å². The first-order chi connectivity index (χ1) is 10.2. The number of aromatic nitrogens is 1. The van der Waals surface area contributed by atoms with Crippen molar-refractivity contribution in [1.82, 2.24) is 4.98 Å². The Morgan fingerprint density at radius 2 is 1.86 bits per heavy atom. The van der Waals surface area contributed by atoms with Crippen LogP contribution in [0.4, 0.5) is 0 Å². The Hall–Kier alpha value is -1.25. The quantitative estimate of drug-likeness (QED) is 0.749. The number of benzene rings is 1.